The molecule has 2 saturated heterocycles. The molecule has 5 nitrogen and oxygen atoms in total. The lowest BCUT2D eigenvalue weighted by atomic mass is 9.79. The predicted octanol–water partition coefficient (Wildman–Crippen LogP) is 4.63. The average molecular weight is 430 g/mol. The second-order valence-electron chi connectivity index (χ2n) is 9.29. The molecule has 3 heterocycles. The van der Waals surface area contributed by atoms with Gasteiger partial charge in [-0.3, -0.25) is 14.7 Å². The number of carbonyl (C=O) groups is 1. The maximum Gasteiger partial charge on any atom is 0.253 e. The first kappa shape index (κ1) is 21.0. The minimum absolute atomic E-state index is 0.126. The Morgan fingerprint density at radius 3 is 2.56 bits per heavy atom. The molecule has 166 valence electrons. The first-order valence-corrected chi connectivity index (χ1v) is 11.7. The van der Waals surface area contributed by atoms with Gasteiger partial charge in [0.05, 0.1) is 11.6 Å². The normalized spacial score (nSPS) is 22.2. The number of rotatable bonds is 5. The molecule has 0 radical (unpaired) electrons. The number of hydrogen-bond acceptors (Lipinski definition) is 4. The Balaban J connectivity index is 1.24. The maximum absolute atomic E-state index is 13.2. The molecule has 32 heavy (non-hydrogen) atoms. The summed E-state index contributed by atoms with van der Waals surface area (Å²) in [5.74, 6) is 1.62. The predicted molar refractivity (Wildman–Crippen MR) is 127 cm³/mol. The Bertz CT molecular complexity index is 1080. The van der Waals surface area contributed by atoms with Crippen molar-refractivity contribution >= 4 is 16.8 Å². The van der Waals surface area contributed by atoms with E-state index in [0.29, 0.717) is 18.0 Å². The van der Waals surface area contributed by atoms with Crippen molar-refractivity contribution in [3.63, 3.8) is 0 Å². The first-order chi connectivity index (χ1) is 15.6. The van der Waals surface area contributed by atoms with Gasteiger partial charge in [0.25, 0.3) is 5.91 Å². The number of aromatic nitrogens is 1. The summed E-state index contributed by atoms with van der Waals surface area (Å²) in [7, 11) is 0. The third-order valence-corrected chi connectivity index (χ3v) is 7.01. The van der Waals surface area contributed by atoms with Crippen molar-refractivity contribution in [2.45, 2.75) is 44.9 Å². The smallest absolute Gasteiger partial charge is 0.253 e. The van der Waals surface area contributed by atoms with Gasteiger partial charge in [0, 0.05) is 42.8 Å². The quantitative estimate of drug-likeness (QED) is 0.593. The third-order valence-electron chi connectivity index (χ3n) is 7.01. The van der Waals surface area contributed by atoms with Crippen LogP contribution in [0.25, 0.3) is 10.9 Å². The molecule has 2 aromatic carbocycles. The molecule has 0 bridgehead atoms. The zero-order valence-electron chi connectivity index (χ0n) is 18.9. The second kappa shape index (κ2) is 8.91. The van der Waals surface area contributed by atoms with Crippen molar-refractivity contribution in [3.05, 3.63) is 72.4 Å². The lowest BCUT2D eigenvalue weighted by Gasteiger charge is -2.54. The van der Waals surface area contributed by atoms with Gasteiger partial charge in [0.1, 0.15) is 11.9 Å². The zero-order chi connectivity index (χ0) is 22.1. The Labute approximate surface area is 190 Å². The highest BCUT2D eigenvalue weighted by Gasteiger charge is 2.47. The maximum atomic E-state index is 13.2. The number of para-hydroxylation sites is 1. The molecule has 2 aliphatic heterocycles. The summed E-state index contributed by atoms with van der Waals surface area (Å²) in [6, 6.07) is 20.8. The van der Waals surface area contributed by atoms with Crippen LogP contribution in [0.3, 0.4) is 0 Å². The summed E-state index contributed by atoms with van der Waals surface area (Å²) in [6.07, 6.45) is 4.04. The van der Waals surface area contributed by atoms with E-state index in [1.54, 1.807) is 6.20 Å². The van der Waals surface area contributed by atoms with Gasteiger partial charge in [0.15, 0.2) is 0 Å². The van der Waals surface area contributed by atoms with Crippen LogP contribution in [0.5, 0.6) is 5.75 Å². The Kier molecular flexibility index (Phi) is 5.83. The summed E-state index contributed by atoms with van der Waals surface area (Å²) in [5.41, 5.74) is 1.67. The summed E-state index contributed by atoms with van der Waals surface area (Å²) in [4.78, 5) is 22.1. The van der Waals surface area contributed by atoms with Gasteiger partial charge in [0.2, 0.25) is 0 Å². The number of likely N-dealkylation sites (tertiary alicyclic amines) is 2. The van der Waals surface area contributed by atoms with E-state index in [2.05, 4.69) is 23.7 Å². The number of amides is 1. The highest BCUT2D eigenvalue weighted by molar-refractivity contribution is 5.98. The van der Waals surface area contributed by atoms with Crippen LogP contribution in [0.2, 0.25) is 0 Å². The minimum atomic E-state index is 0.126. The molecule has 2 fully saturated rings. The minimum Gasteiger partial charge on any atom is -0.487 e. The van der Waals surface area contributed by atoms with Crippen LogP contribution in [0.1, 0.15) is 37.0 Å². The van der Waals surface area contributed by atoms with Gasteiger partial charge in [-0.2, -0.15) is 0 Å². The van der Waals surface area contributed by atoms with Crippen LogP contribution in [-0.4, -0.2) is 58.5 Å². The summed E-state index contributed by atoms with van der Waals surface area (Å²) < 4.78 is 6.35. The number of nitrogens with zero attached hydrogens (tertiary/aromatic N) is 3. The number of carbonyl (C=O) groups excluding carboxylic acids is 1. The van der Waals surface area contributed by atoms with Crippen LogP contribution < -0.4 is 4.74 Å². The Morgan fingerprint density at radius 2 is 1.81 bits per heavy atom. The van der Waals surface area contributed by atoms with E-state index < -0.39 is 0 Å². The molecule has 0 N–H and O–H groups in total. The van der Waals surface area contributed by atoms with Gasteiger partial charge in [-0.1, -0.05) is 24.3 Å². The lowest BCUT2D eigenvalue weighted by molar-refractivity contribution is -0.0983. The van der Waals surface area contributed by atoms with E-state index >= 15 is 0 Å². The molecule has 2 atom stereocenters. The average Bonchev–Trinajstić information content (AvgIpc) is 2.81. The van der Waals surface area contributed by atoms with E-state index in [0.717, 1.165) is 54.7 Å². The summed E-state index contributed by atoms with van der Waals surface area (Å²) in [5, 5.41) is 1.01. The SMILES string of the molecule is CC(C)N1C[C@H](Oc2ccccc2)[C@@H]1C1CCN(C(=O)c2ccc3ncccc3c2)CC1. The molecule has 0 spiro atoms. The van der Waals surface area contributed by atoms with Crippen molar-refractivity contribution in [1.82, 2.24) is 14.8 Å². The van der Waals surface area contributed by atoms with Gasteiger partial charge in [-0.15, -0.1) is 0 Å². The zero-order valence-corrected chi connectivity index (χ0v) is 18.9. The number of pyridine rings is 1. The molecule has 1 aromatic heterocycles. The largest absolute Gasteiger partial charge is 0.487 e. The van der Waals surface area contributed by atoms with E-state index in [1.165, 1.54) is 0 Å². The highest BCUT2D eigenvalue weighted by atomic mass is 16.5. The van der Waals surface area contributed by atoms with Crippen LogP contribution in [0.4, 0.5) is 0 Å². The molecule has 5 heteroatoms. The first-order valence-electron chi connectivity index (χ1n) is 11.7. The van der Waals surface area contributed by atoms with E-state index in [4.69, 9.17) is 4.74 Å². The molecule has 0 aliphatic carbocycles. The molecule has 0 unspecified atom stereocenters. The fourth-order valence-corrected chi connectivity index (χ4v) is 5.26. The number of fused-ring (bicyclic) bond motifs is 1. The highest BCUT2D eigenvalue weighted by Crippen LogP contribution is 2.36. The summed E-state index contributed by atoms with van der Waals surface area (Å²) >= 11 is 0. The number of benzene rings is 2. The Hall–Kier alpha value is -2.92. The van der Waals surface area contributed by atoms with E-state index in [1.807, 2.05) is 65.6 Å². The number of hydrogen-bond donors (Lipinski definition) is 0. The molecular weight excluding hydrogens is 398 g/mol. The monoisotopic (exact) mass is 429 g/mol. The van der Waals surface area contributed by atoms with Crippen molar-refractivity contribution in [3.8, 4) is 5.75 Å². The van der Waals surface area contributed by atoms with Gasteiger partial charge < -0.3 is 9.64 Å². The molecular formula is C27H31N3O2. The van der Waals surface area contributed by atoms with Gasteiger partial charge in [-0.05, 0) is 69.0 Å². The second-order valence-corrected chi connectivity index (χ2v) is 9.29. The van der Waals surface area contributed by atoms with Crippen molar-refractivity contribution < 1.29 is 9.53 Å². The topological polar surface area (TPSA) is 45.7 Å². The fraction of sp³-hybridized carbons (Fsp3) is 0.407. The summed E-state index contributed by atoms with van der Waals surface area (Å²) in [6.45, 7) is 7.10. The van der Waals surface area contributed by atoms with Crippen LogP contribution in [0.15, 0.2) is 66.9 Å². The third kappa shape index (κ3) is 4.09. The number of piperidine rings is 1. The van der Waals surface area contributed by atoms with Gasteiger partial charge >= 0.3 is 0 Å². The molecule has 3 aromatic rings. The molecule has 0 saturated carbocycles. The lowest BCUT2D eigenvalue weighted by Crippen LogP contribution is -2.68. The standard InChI is InChI=1S/C27H31N3O2/c1-19(2)30-18-25(32-23-8-4-3-5-9-23)26(30)20-12-15-29(16-13-20)27(31)22-10-11-24-21(17-22)7-6-14-28-24/h3-11,14,17,19-20,25-26H,12-13,15-16,18H2,1-2H3/t25-,26-/m0/s1. The Morgan fingerprint density at radius 1 is 1.03 bits per heavy atom. The van der Waals surface area contributed by atoms with E-state index in [9.17, 15) is 4.79 Å². The van der Waals surface area contributed by atoms with Crippen LogP contribution >= 0.6 is 0 Å². The van der Waals surface area contributed by atoms with Gasteiger partial charge in [-0.25, -0.2) is 0 Å². The van der Waals surface area contributed by atoms with Crippen LogP contribution in [0, 0.1) is 5.92 Å². The van der Waals surface area contributed by atoms with E-state index in [-0.39, 0.29) is 12.0 Å². The van der Waals surface area contributed by atoms with Crippen molar-refractivity contribution in [2.75, 3.05) is 19.6 Å². The molecule has 5 rings (SSSR count). The van der Waals surface area contributed by atoms with Crippen molar-refractivity contribution in [1.29, 1.82) is 0 Å². The fourth-order valence-electron chi connectivity index (χ4n) is 5.26. The number of ether oxygens (including phenoxy) is 1. The molecule has 1 amide bonds. The molecule has 2 aliphatic rings. The van der Waals surface area contributed by atoms with Crippen molar-refractivity contribution in [2.24, 2.45) is 5.92 Å². The van der Waals surface area contributed by atoms with Crippen LogP contribution in [-0.2, 0) is 0 Å².